The molecule has 1 saturated carbocycles. The van der Waals surface area contributed by atoms with E-state index in [1.165, 1.54) is 0 Å². The number of carbonyl (C=O) groups excluding carboxylic acids is 2. The molecule has 2 aromatic rings. The number of thioether (sulfide) groups is 1. The summed E-state index contributed by atoms with van der Waals surface area (Å²) in [4.78, 5) is 28.6. The molecule has 3 atom stereocenters. The number of rotatable bonds is 5. The van der Waals surface area contributed by atoms with E-state index in [1.54, 1.807) is 18.9 Å². The second-order valence-electron chi connectivity index (χ2n) is 8.81. The number of nitrogens with zero attached hydrogens (tertiary/aromatic N) is 1. The molecule has 1 saturated heterocycles. The second kappa shape index (κ2) is 9.62. The number of para-hydroxylation sites is 1. The Balaban J connectivity index is 1.22. The highest BCUT2D eigenvalue weighted by Crippen LogP contribution is 2.43. The standard InChI is InChI=1S/C26H28N2O5S/c1-28-19-12-18(25(29)27-14-16-7-9-21-22(11-16)33-15-32-21)8-10-23(19)34-24(26(28)30)13-17-5-3-4-6-20(17)31-2/h3-7,9,11,13,18-19,23H,8,10,12,14-15H2,1-2H3,(H,27,29)/b24-13+. The molecule has 5 rings (SSSR count). The first-order valence-electron chi connectivity index (χ1n) is 11.5. The summed E-state index contributed by atoms with van der Waals surface area (Å²) >= 11 is 1.63. The quantitative estimate of drug-likeness (QED) is 0.656. The predicted molar refractivity (Wildman–Crippen MR) is 131 cm³/mol. The fraction of sp³-hybridized carbons (Fsp3) is 0.385. The van der Waals surface area contributed by atoms with Gasteiger partial charge in [-0.25, -0.2) is 0 Å². The van der Waals surface area contributed by atoms with Crippen LogP contribution in [0.25, 0.3) is 6.08 Å². The highest BCUT2D eigenvalue weighted by atomic mass is 32.2. The van der Waals surface area contributed by atoms with Crippen LogP contribution in [-0.2, 0) is 16.1 Å². The average molecular weight is 481 g/mol. The van der Waals surface area contributed by atoms with Crippen molar-refractivity contribution in [1.82, 2.24) is 10.2 Å². The van der Waals surface area contributed by atoms with E-state index in [-0.39, 0.29) is 35.8 Å². The van der Waals surface area contributed by atoms with Crippen molar-refractivity contribution < 1.29 is 23.8 Å². The SMILES string of the molecule is COc1ccccc1/C=C1/SC2CCC(C(=O)NCc3ccc4c(c3)OCO4)CC2N(C)C1=O. The molecule has 7 nitrogen and oxygen atoms in total. The van der Waals surface area contributed by atoms with Gasteiger partial charge in [0.2, 0.25) is 12.7 Å². The van der Waals surface area contributed by atoms with Crippen molar-refractivity contribution in [2.45, 2.75) is 37.1 Å². The smallest absolute Gasteiger partial charge is 0.260 e. The van der Waals surface area contributed by atoms with Crippen LogP contribution in [0.2, 0.25) is 0 Å². The van der Waals surface area contributed by atoms with Gasteiger partial charge >= 0.3 is 0 Å². The van der Waals surface area contributed by atoms with Crippen LogP contribution in [0.1, 0.15) is 30.4 Å². The molecule has 2 fully saturated rings. The summed E-state index contributed by atoms with van der Waals surface area (Å²) in [7, 11) is 3.48. The number of ether oxygens (including phenoxy) is 3. The third kappa shape index (κ3) is 4.46. The first kappa shape index (κ1) is 22.7. The van der Waals surface area contributed by atoms with Gasteiger partial charge in [-0.1, -0.05) is 24.3 Å². The van der Waals surface area contributed by atoms with Crippen LogP contribution < -0.4 is 19.5 Å². The minimum atomic E-state index is -0.106. The van der Waals surface area contributed by atoms with Crippen molar-refractivity contribution in [3.05, 3.63) is 58.5 Å². The van der Waals surface area contributed by atoms with E-state index in [1.807, 2.05) is 60.5 Å². The zero-order valence-corrected chi connectivity index (χ0v) is 20.1. The fourth-order valence-corrected chi connectivity index (χ4v) is 6.32. The topological polar surface area (TPSA) is 77.1 Å². The molecule has 2 amide bonds. The number of benzene rings is 2. The molecule has 178 valence electrons. The number of carbonyl (C=O) groups is 2. The molecule has 2 heterocycles. The average Bonchev–Trinajstić information content (AvgIpc) is 3.34. The van der Waals surface area contributed by atoms with Crippen LogP contribution in [0.5, 0.6) is 17.2 Å². The number of hydrogen-bond donors (Lipinski definition) is 1. The van der Waals surface area contributed by atoms with E-state index < -0.39 is 0 Å². The molecular weight excluding hydrogens is 452 g/mol. The predicted octanol–water partition coefficient (Wildman–Crippen LogP) is 3.82. The molecule has 1 aliphatic carbocycles. The maximum absolute atomic E-state index is 13.1. The molecule has 3 unspecified atom stereocenters. The van der Waals surface area contributed by atoms with E-state index in [9.17, 15) is 9.59 Å². The van der Waals surface area contributed by atoms with Crippen LogP contribution in [0.4, 0.5) is 0 Å². The Morgan fingerprint density at radius 3 is 2.88 bits per heavy atom. The normalized spacial score (nSPS) is 24.6. The minimum absolute atomic E-state index is 0.00132. The first-order chi connectivity index (χ1) is 16.5. The van der Waals surface area contributed by atoms with E-state index in [2.05, 4.69) is 5.32 Å². The zero-order valence-electron chi connectivity index (χ0n) is 19.3. The van der Waals surface area contributed by atoms with Gasteiger partial charge in [0.15, 0.2) is 11.5 Å². The maximum atomic E-state index is 13.1. The zero-order chi connectivity index (χ0) is 23.7. The molecule has 2 aromatic carbocycles. The monoisotopic (exact) mass is 480 g/mol. The lowest BCUT2D eigenvalue weighted by molar-refractivity contribution is -0.132. The van der Waals surface area contributed by atoms with Gasteiger partial charge in [0.05, 0.1) is 12.0 Å². The van der Waals surface area contributed by atoms with Crippen LogP contribution in [0.3, 0.4) is 0 Å². The molecule has 0 radical (unpaired) electrons. The van der Waals surface area contributed by atoms with Crippen LogP contribution in [-0.4, -0.2) is 49.0 Å². The summed E-state index contributed by atoms with van der Waals surface area (Å²) in [6.45, 7) is 0.672. The van der Waals surface area contributed by atoms with Crippen LogP contribution in [0, 0.1) is 5.92 Å². The Kier molecular flexibility index (Phi) is 6.41. The lowest BCUT2D eigenvalue weighted by Crippen LogP contribution is -2.52. The Bertz CT molecular complexity index is 1130. The lowest BCUT2D eigenvalue weighted by atomic mass is 9.83. The summed E-state index contributed by atoms with van der Waals surface area (Å²) in [5.74, 6) is 2.12. The Hall–Kier alpha value is -3.13. The van der Waals surface area contributed by atoms with E-state index in [4.69, 9.17) is 14.2 Å². The van der Waals surface area contributed by atoms with Crippen LogP contribution in [0.15, 0.2) is 47.4 Å². The molecule has 34 heavy (non-hydrogen) atoms. The highest BCUT2D eigenvalue weighted by molar-refractivity contribution is 8.04. The summed E-state index contributed by atoms with van der Waals surface area (Å²) in [5.41, 5.74) is 1.86. The third-order valence-corrected chi connectivity index (χ3v) is 8.16. The van der Waals surface area contributed by atoms with E-state index in [0.29, 0.717) is 18.7 Å². The van der Waals surface area contributed by atoms with Crippen molar-refractivity contribution in [2.75, 3.05) is 21.0 Å². The summed E-state index contributed by atoms with van der Waals surface area (Å²) in [6, 6.07) is 13.4. The molecular formula is C26H28N2O5S. The second-order valence-corrected chi connectivity index (χ2v) is 10.1. The van der Waals surface area contributed by atoms with Gasteiger partial charge in [0.25, 0.3) is 5.91 Å². The summed E-state index contributed by atoms with van der Waals surface area (Å²) in [6.07, 6.45) is 4.29. The van der Waals surface area contributed by atoms with Crippen molar-refractivity contribution in [3.63, 3.8) is 0 Å². The molecule has 0 aromatic heterocycles. The number of amides is 2. The Morgan fingerprint density at radius 2 is 2.03 bits per heavy atom. The molecule has 8 heteroatoms. The number of hydrogen-bond acceptors (Lipinski definition) is 6. The molecule has 2 aliphatic heterocycles. The Morgan fingerprint density at radius 1 is 1.21 bits per heavy atom. The maximum Gasteiger partial charge on any atom is 0.260 e. The highest BCUT2D eigenvalue weighted by Gasteiger charge is 2.42. The summed E-state index contributed by atoms with van der Waals surface area (Å²) < 4.78 is 16.2. The van der Waals surface area contributed by atoms with E-state index >= 15 is 0 Å². The number of fused-ring (bicyclic) bond motifs is 2. The minimum Gasteiger partial charge on any atom is -0.496 e. The van der Waals surface area contributed by atoms with Crippen molar-refractivity contribution >= 4 is 29.7 Å². The Labute approximate surface area is 203 Å². The molecule has 1 N–H and O–H groups in total. The molecule has 0 bridgehead atoms. The van der Waals surface area contributed by atoms with Crippen molar-refractivity contribution in [1.29, 1.82) is 0 Å². The first-order valence-corrected chi connectivity index (χ1v) is 12.4. The van der Waals surface area contributed by atoms with Gasteiger partial charge in [-0.15, -0.1) is 11.8 Å². The van der Waals surface area contributed by atoms with Crippen LogP contribution >= 0.6 is 11.8 Å². The van der Waals surface area contributed by atoms with Gasteiger partial charge in [-0.3, -0.25) is 9.59 Å². The molecule has 0 spiro atoms. The van der Waals surface area contributed by atoms with Gasteiger partial charge in [-0.05, 0) is 49.1 Å². The van der Waals surface area contributed by atoms with Gasteiger partial charge in [0, 0.05) is 36.4 Å². The van der Waals surface area contributed by atoms with Gasteiger partial charge in [0.1, 0.15) is 5.75 Å². The van der Waals surface area contributed by atoms with Gasteiger partial charge < -0.3 is 24.4 Å². The molecule has 3 aliphatic rings. The largest absolute Gasteiger partial charge is 0.496 e. The fourth-order valence-electron chi connectivity index (χ4n) is 4.85. The number of methoxy groups -OCH3 is 1. The van der Waals surface area contributed by atoms with Crippen molar-refractivity contribution in [2.24, 2.45) is 5.92 Å². The number of likely N-dealkylation sites (N-methyl/N-ethyl adjacent to an activating group) is 1. The summed E-state index contributed by atoms with van der Waals surface area (Å²) in [5, 5.41) is 3.34. The van der Waals surface area contributed by atoms with E-state index in [0.717, 1.165) is 40.4 Å². The van der Waals surface area contributed by atoms with Gasteiger partial charge in [-0.2, -0.15) is 0 Å². The number of nitrogens with one attached hydrogen (secondary N) is 1. The lowest BCUT2D eigenvalue weighted by Gasteiger charge is -2.44. The third-order valence-electron chi connectivity index (χ3n) is 6.76. The van der Waals surface area contributed by atoms with Crippen molar-refractivity contribution in [3.8, 4) is 17.2 Å².